The lowest BCUT2D eigenvalue weighted by Crippen LogP contribution is -2.57. The fraction of sp³-hybridized carbons (Fsp3) is 0.585. The van der Waals surface area contributed by atoms with E-state index in [1.807, 2.05) is 60.0 Å². The molecular weight excluding hydrogens is 595 g/mol. The molecule has 5 nitrogen and oxygen atoms in total. The Bertz CT molecular complexity index is 1660. The molecule has 0 radical (unpaired) electrons. The van der Waals surface area contributed by atoms with Crippen molar-refractivity contribution in [2.45, 2.75) is 130 Å². The summed E-state index contributed by atoms with van der Waals surface area (Å²) >= 11 is 0. The number of rotatable bonds is 11. The summed E-state index contributed by atoms with van der Waals surface area (Å²) in [6.07, 6.45) is 11.0. The molecule has 3 aromatic rings. The van der Waals surface area contributed by atoms with Gasteiger partial charge >= 0.3 is 0 Å². The molecule has 6 heteroatoms. The number of nitriles is 1. The predicted octanol–water partition coefficient (Wildman–Crippen LogP) is 9.63. The lowest BCUT2D eigenvalue weighted by molar-refractivity contribution is -0.119. The molecule has 7 rings (SSSR count). The molecule has 1 atom stereocenters. The summed E-state index contributed by atoms with van der Waals surface area (Å²) in [5.74, 6) is 3.19. The Balaban J connectivity index is 1.43. The largest absolute Gasteiger partial charge is 0.412 e. The van der Waals surface area contributed by atoms with Crippen molar-refractivity contribution < 1.29 is 4.43 Å². The van der Waals surface area contributed by atoms with Crippen molar-refractivity contribution in [3.05, 3.63) is 87.1 Å². The van der Waals surface area contributed by atoms with Crippen LogP contribution in [0.25, 0.3) is 11.1 Å². The zero-order chi connectivity index (χ0) is 33.6. The lowest BCUT2D eigenvalue weighted by Gasteiger charge is -2.60. The second kappa shape index (κ2) is 13.1. The molecule has 47 heavy (non-hydrogen) atoms. The first-order valence-corrected chi connectivity index (χ1v) is 21.1. The van der Waals surface area contributed by atoms with Gasteiger partial charge in [0.2, 0.25) is 0 Å². The summed E-state index contributed by atoms with van der Waals surface area (Å²) in [4.78, 5) is 20.0. The van der Waals surface area contributed by atoms with Crippen molar-refractivity contribution in [3.8, 4) is 17.2 Å². The number of unbranched alkanes of at least 4 members (excludes halogenated alkanes) is 1. The summed E-state index contributed by atoms with van der Waals surface area (Å²) in [5.41, 5.74) is 5.25. The van der Waals surface area contributed by atoms with Crippen LogP contribution in [0.15, 0.2) is 53.3 Å². The minimum Gasteiger partial charge on any atom is -0.412 e. The topological polar surface area (TPSA) is 67.9 Å². The van der Waals surface area contributed by atoms with Gasteiger partial charge in [0.15, 0.2) is 8.32 Å². The summed E-state index contributed by atoms with van der Waals surface area (Å²) in [5, 5.41) is 10.5. The van der Waals surface area contributed by atoms with Crippen LogP contribution in [-0.4, -0.2) is 24.0 Å². The van der Waals surface area contributed by atoms with Gasteiger partial charge in [0.1, 0.15) is 11.9 Å². The van der Waals surface area contributed by atoms with Crippen LogP contribution in [0.2, 0.25) is 18.1 Å². The first-order valence-electron chi connectivity index (χ1n) is 18.2. The smallest absolute Gasteiger partial charge is 0.257 e. The third kappa shape index (κ3) is 6.68. The lowest BCUT2D eigenvalue weighted by atomic mass is 9.48. The summed E-state index contributed by atoms with van der Waals surface area (Å²) < 4.78 is 9.43. The number of nitrogens with zero attached hydrogens (tertiary/aromatic N) is 3. The summed E-state index contributed by atoms with van der Waals surface area (Å²) in [6, 6.07) is 18.6. The highest BCUT2D eigenvalue weighted by molar-refractivity contribution is 6.74. The van der Waals surface area contributed by atoms with Crippen molar-refractivity contribution in [2.75, 3.05) is 0 Å². The van der Waals surface area contributed by atoms with E-state index in [9.17, 15) is 10.1 Å². The molecule has 2 aromatic carbocycles. The van der Waals surface area contributed by atoms with E-state index in [2.05, 4.69) is 46.9 Å². The van der Waals surface area contributed by atoms with Gasteiger partial charge in [0.05, 0.1) is 23.9 Å². The Kier molecular flexibility index (Phi) is 9.46. The van der Waals surface area contributed by atoms with E-state index < -0.39 is 8.32 Å². The van der Waals surface area contributed by atoms with Gasteiger partial charge in [-0.25, -0.2) is 4.98 Å². The highest BCUT2D eigenvalue weighted by atomic mass is 28.4. The maximum atomic E-state index is 14.9. The van der Waals surface area contributed by atoms with Crippen LogP contribution in [0.3, 0.4) is 0 Å². The molecule has 0 aliphatic heterocycles. The summed E-state index contributed by atoms with van der Waals surface area (Å²) in [7, 11) is -2.13. The predicted molar refractivity (Wildman–Crippen MR) is 194 cm³/mol. The van der Waals surface area contributed by atoms with E-state index in [1.165, 1.54) is 38.5 Å². The van der Waals surface area contributed by atoms with Crippen LogP contribution in [0.5, 0.6) is 0 Å². The van der Waals surface area contributed by atoms with Crippen molar-refractivity contribution in [1.82, 2.24) is 9.55 Å². The molecule has 1 aromatic heterocycles. The number of aromatic nitrogens is 2. The quantitative estimate of drug-likeness (QED) is 0.194. The van der Waals surface area contributed by atoms with E-state index in [-0.39, 0.29) is 22.1 Å². The van der Waals surface area contributed by atoms with Crippen LogP contribution in [0, 0.1) is 41.4 Å². The van der Waals surface area contributed by atoms with Crippen LogP contribution in [0.4, 0.5) is 0 Å². The van der Waals surface area contributed by atoms with Gasteiger partial charge in [-0.3, -0.25) is 9.36 Å². The molecule has 1 heterocycles. The zero-order valence-corrected chi connectivity index (χ0v) is 30.9. The monoisotopic (exact) mass is 649 g/mol. The standard InChI is InChI=1S/C41H55N3O2Si/c1-8-9-18-37-35(22-33-16-13-17-34(36(33)26-42)32-14-11-10-12-15-32)39(45)44(28(2)43-37)27-38(46-47(6,7)40(3,4)5)41-23-29-19-30(24-41)21-31(20-29)25-41/h10-17,29-31,38H,8-9,18-25,27H2,1-7H3. The zero-order valence-electron chi connectivity index (χ0n) is 29.9. The minimum absolute atomic E-state index is 0.000381. The molecule has 4 aliphatic rings. The SMILES string of the molecule is CCCCc1nc(C)n(CC(O[Si](C)(C)C(C)(C)C)C23CC4CC(CC(C4)C2)C3)c(=O)c1Cc1cccc(-c2ccccc2)c1C#N. The molecule has 0 amide bonds. The van der Waals surface area contributed by atoms with E-state index >= 15 is 0 Å². The van der Waals surface area contributed by atoms with Crippen LogP contribution < -0.4 is 5.56 Å². The fourth-order valence-electron chi connectivity index (χ4n) is 9.25. The molecule has 0 spiro atoms. The number of hydrogen-bond donors (Lipinski definition) is 0. The second-order valence-corrected chi connectivity index (χ2v) is 21.5. The van der Waals surface area contributed by atoms with E-state index in [4.69, 9.17) is 9.41 Å². The highest BCUT2D eigenvalue weighted by Crippen LogP contribution is 2.62. The second-order valence-electron chi connectivity index (χ2n) is 16.7. The van der Waals surface area contributed by atoms with Gasteiger partial charge in [-0.1, -0.05) is 82.6 Å². The van der Waals surface area contributed by atoms with Crippen LogP contribution in [0.1, 0.15) is 107 Å². The first kappa shape index (κ1) is 33.9. The van der Waals surface area contributed by atoms with Crippen LogP contribution >= 0.6 is 0 Å². The van der Waals surface area contributed by atoms with Crippen molar-refractivity contribution in [2.24, 2.45) is 23.2 Å². The maximum absolute atomic E-state index is 14.9. The maximum Gasteiger partial charge on any atom is 0.257 e. The van der Waals surface area contributed by atoms with Gasteiger partial charge in [0, 0.05) is 12.0 Å². The minimum atomic E-state index is -2.13. The van der Waals surface area contributed by atoms with Crippen molar-refractivity contribution in [1.29, 1.82) is 5.26 Å². The average Bonchev–Trinajstić information content (AvgIpc) is 3.02. The Hall–Kier alpha value is -3.01. The molecule has 4 fully saturated rings. The third-order valence-electron chi connectivity index (χ3n) is 12.4. The van der Waals surface area contributed by atoms with Crippen LogP contribution in [-0.2, 0) is 23.8 Å². The van der Waals surface area contributed by atoms with Crippen molar-refractivity contribution in [3.63, 3.8) is 0 Å². The first-order chi connectivity index (χ1) is 22.3. The van der Waals surface area contributed by atoms with Gasteiger partial charge < -0.3 is 4.43 Å². The van der Waals surface area contributed by atoms with Gasteiger partial charge in [-0.2, -0.15) is 5.26 Å². The molecular formula is C41H55N3O2Si. The average molecular weight is 650 g/mol. The van der Waals surface area contributed by atoms with E-state index in [1.54, 1.807) is 0 Å². The van der Waals surface area contributed by atoms with Crippen molar-refractivity contribution >= 4 is 8.32 Å². The Morgan fingerprint density at radius 2 is 1.66 bits per heavy atom. The molecule has 4 saturated carbocycles. The molecule has 0 saturated heterocycles. The molecule has 4 bridgehead atoms. The summed E-state index contributed by atoms with van der Waals surface area (Å²) in [6.45, 7) is 16.5. The van der Waals surface area contributed by atoms with Gasteiger partial charge in [-0.15, -0.1) is 0 Å². The third-order valence-corrected chi connectivity index (χ3v) is 16.9. The highest BCUT2D eigenvalue weighted by Gasteiger charge is 2.56. The Morgan fingerprint density at radius 1 is 1.02 bits per heavy atom. The molecule has 1 unspecified atom stereocenters. The number of benzene rings is 2. The van der Waals surface area contributed by atoms with Gasteiger partial charge in [0.25, 0.3) is 5.56 Å². The molecule has 250 valence electrons. The number of hydrogen-bond acceptors (Lipinski definition) is 4. The Labute approximate surface area is 283 Å². The Morgan fingerprint density at radius 3 is 2.23 bits per heavy atom. The molecule has 4 aliphatic carbocycles. The fourth-order valence-corrected chi connectivity index (χ4v) is 10.6. The molecule has 0 N–H and O–H groups in total. The van der Waals surface area contributed by atoms with E-state index in [0.717, 1.165) is 70.8 Å². The van der Waals surface area contributed by atoms with Gasteiger partial charge in [-0.05, 0) is 116 Å². The number of aryl methyl sites for hydroxylation is 2. The van der Waals surface area contributed by atoms with E-state index in [0.29, 0.717) is 18.5 Å². The normalized spacial score (nSPS) is 24.3.